The monoisotopic (exact) mass is 575 g/mol. The second kappa shape index (κ2) is 11.3. The van der Waals surface area contributed by atoms with Gasteiger partial charge in [-0.3, -0.25) is 9.59 Å². The van der Waals surface area contributed by atoms with E-state index in [0.717, 1.165) is 18.2 Å². The number of halogens is 3. The van der Waals surface area contributed by atoms with Crippen LogP contribution in [0.4, 0.5) is 18.0 Å². The highest BCUT2D eigenvalue weighted by atomic mass is 32.2. The molecule has 2 aliphatic heterocycles. The minimum atomic E-state index is -4.62. The zero-order valence-electron chi connectivity index (χ0n) is 22.7. The first-order valence-corrected chi connectivity index (χ1v) is 14.6. The molecule has 0 spiro atoms. The predicted molar refractivity (Wildman–Crippen MR) is 138 cm³/mol. The van der Waals surface area contributed by atoms with E-state index < -0.39 is 68.3 Å². The van der Waals surface area contributed by atoms with Crippen LogP contribution >= 0.6 is 0 Å². The molecule has 0 saturated carbocycles. The first-order valence-electron chi connectivity index (χ1n) is 12.9. The average molecular weight is 576 g/mol. The lowest BCUT2D eigenvalue weighted by Gasteiger charge is -2.43. The van der Waals surface area contributed by atoms with E-state index in [4.69, 9.17) is 4.74 Å². The van der Waals surface area contributed by atoms with Crippen molar-refractivity contribution < 1.29 is 40.7 Å². The van der Waals surface area contributed by atoms with Crippen molar-refractivity contribution in [3.05, 3.63) is 35.4 Å². The Kier molecular flexibility index (Phi) is 8.93. The molecule has 3 rings (SSSR count). The van der Waals surface area contributed by atoms with Gasteiger partial charge in [0.05, 0.1) is 16.6 Å². The van der Waals surface area contributed by atoms with E-state index in [0.29, 0.717) is 6.42 Å². The molecule has 0 radical (unpaired) electrons. The zero-order chi connectivity index (χ0) is 29.3. The van der Waals surface area contributed by atoms with Crippen molar-refractivity contribution in [2.24, 2.45) is 5.92 Å². The highest BCUT2D eigenvalue weighted by Gasteiger charge is 2.44. The SMILES string of the molecule is CC(C)S(=O)(=O)CC1CN(C(=O)OC(C)(C)C)CCC1N1CC[C@H](NC(=O)c2cccc(C(F)(F)F)c2)C1=O. The first-order chi connectivity index (χ1) is 17.9. The molecular formula is C26H36F3N3O6S. The van der Waals surface area contributed by atoms with Crippen LogP contribution in [0.2, 0.25) is 0 Å². The second-order valence-corrected chi connectivity index (χ2v) is 13.9. The van der Waals surface area contributed by atoms with Crippen molar-refractivity contribution in [1.82, 2.24) is 15.1 Å². The van der Waals surface area contributed by atoms with Gasteiger partial charge in [-0.15, -0.1) is 0 Å². The maximum absolute atomic E-state index is 13.3. The van der Waals surface area contributed by atoms with Crippen molar-refractivity contribution in [3.8, 4) is 0 Å². The molecule has 0 aromatic heterocycles. The minimum absolute atomic E-state index is 0.0799. The molecule has 13 heteroatoms. The number of ether oxygens (including phenoxy) is 1. The minimum Gasteiger partial charge on any atom is -0.444 e. The quantitative estimate of drug-likeness (QED) is 0.556. The standard InChI is InChI=1S/C26H36F3N3O6S/c1-16(2)39(36,37)15-18-14-31(24(35)38-25(3,4)5)11-10-21(18)32-12-9-20(23(32)34)30-22(33)17-7-6-8-19(13-17)26(27,28)29/h6-8,13,16,18,20-21H,9-12,14-15H2,1-5H3,(H,30,33)/t18?,20-,21?/m0/s1. The van der Waals surface area contributed by atoms with Gasteiger partial charge in [-0.2, -0.15) is 13.2 Å². The van der Waals surface area contributed by atoms with Crippen LogP contribution in [0.3, 0.4) is 0 Å². The molecule has 2 unspecified atom stereocenters. The highest BCUT2D eigenvalue weighted by Crippen LogP contribution is 2.31. The van der Waals surface area contributed by atoms with Gasteiger partial charge in [0.25, 0.3) is 5.91 Å². The predicted octanol–water partition coefficient (Wildman–Crippen LogP) is 3.48. The molecule has 1 aromatic carbocycles. The number of likely N-dealkylation sites (tertiary alicyclic amines) is 2. The average Bonchev–Trinajstić information content (AvgIpc) is 3.16. The Bertz CT molecular complexity index is 1200. The topological polar surface area (TPSA) is 113 Å². The zero-order valence-corrected chi connectivity index (χ0v) is 23.6. The van der Waals surface area contributed by atoms with Crippen molar-refractivity contribution >= 4 is 27.7 Å². The van der Waals surface area contributed by atoms with E-state index in [1.165, 1.54) is 15.9 Å². The molecule has 218 valence electrons. The van der Waals surface area contributed by atoms with E-state index in [1.54, 1.807) is 34.6 Å². The molecular weight excluding hydrogens is 539 g/mol. The maximum atomic E-state index is 13.3. The van der Waals surface area contributed by atoms with Crippen molar-refractivity contribution in [2.75, 3.05) is 25.4 Å². The molecule has 39 heavy (non-hydrogen) atoms. The maximum Gasteiger partial charge on any atom is 0.416 e. The number of carbonyl (C=O) groups is 3. The van der Waals surface area contributed by atoms with Gasteiger partial charge in [0.1, 0.15) is 11.6 Å². The number of piperidine rings is 1. The van der Waals surface area contributed by atoms with Crippen LogP contribution in [0.15, 0.2) is 24.3 Å². The van der Waals surface area contributed by atoms with Crippen LogP contribution in [-0.4, -0.2) is 84.4 Å². The summed E-state index contributed by atoms with van der Waals surface area (Å²) in [6, 6.07) is 2.48. The largest absolute Gasteiger partial charge is 0.444 e. The first kappa shape index (κ1) is 30.7. The molecule has 3 atom stereocenters. The number of sulfone groups is 1. The molecule has 1 aromatic rings. The number of rotatable bonds is 6. The number of hydrogen-bond donors (Lipinski definition) is 1. The summed E-state index contributed by atoms with van der Waals surface area (Å²) in [5.41, 5.74) is -1.92. The Balaban J connectivity index is 1.76. The number of benzene rings is 1. The van der Waals surface area contributed by atoms with E-state index in [-0.39, 0.29) is 37.4 Å². The number of nitrogens with zero attached hydrogens (tertiary/aromatic N) is 2. The summed E-state index contributed by atoms with van der Waals surface area (Å²) in [5.74, 6) is -2.06. The van der Waals surface area contributed by atoms with Gasteiger partial charge >= 0.3 is 12.3 Å². The molecule has 3 amide bonds. The highest BCUT2D eigenvalue weighted by molar-refractivity contribution is 7.91. The summed E-state index contributed by atoms with van der Waals surface area (Å²) in [6.07, 6.45) is -4.64. The Morgan fingerprint density at radius 3 is 2.38 bits per heavy atom. The van der Waals surface area contributed by atoms with Crippen LogP contribution in [0.5, 0.6) is 0 Å². The molecule has 2 aliphatic rings. The summed E-state index contributed by atoms with van der Waals surface area (Å²) < 4.78 is 70.3. The van der Waals surface area contributed by atoms with Crippen LogP contribution in [0.1, 0.15) is 63.4 Å². The summed E-state index contributed by atoms with van der Waals surface area (Å²) in [6.45, 7) is 8.90. The third-order valence-corrected chi connectivity index (χ3v) is 9.24. The fourth-order valence-corrected chi connectivity index (χ4v) is 6.13. The van der Waals surface area contributed by atoms with Gasteiger partial charge < -0.3 is 19.9 Å². The molecule has 0 bridgehead atoms. The fraction of sp³-hybridized carbons (Fsp3) is 0.654. The molecule has 2 saturated heterocycles. The van der Waals surface area contributed by atoms with Crippen LogP contribution in [0, 0.1) is 5.92 Å². The number of hydrogen-bond acceptors (Lipinski definition) is 6. The smallest absolute Gasteiger partial charge is 0.416 e. The van der Waals surface area contributed by atoms with Gasteiger partial charge in [-0.05, 0) is 65.7 Å². The molecule has 1 N–H and O–H groups in total. The van der Waals surface area contributed by atoms with Crippen LogP contribution in [0.25, 0.3) is 0 Å². The number of alkyl halides is 3. The van der Waals surface area contributed by atoms with Gasteiger partial charge in [-0.25, -0.2) is 13.2 Å². The molecule has 2 fully saturated rings. The van der Waals surface area contributed by atoms with Gasteiger partial charge in [-0.1, -0.05) is 6.07 Å². The number of amides is 3. The number of nitrogens with one attached hydrogen (secondary N) is 1. The summed E-state index contributed by atoms with van der Waals surface area (Å²) in [4.78, 5) is 41.7. The van der Waals surface area contributed by atoms with Crippen LogP contribution < -0.4 is 5.32 Å². The Labute approximate surface area is 227 Å². The normalized spacial score (nSPS) is 22.8. The second-order valence-electron chi connectivity index (χ2n) is 11.3. The van der Waals surface area contributed by atoms with Gasteiger partial charge in [0, 0.05) is 37.2 Å². The number of carbonyl (C=O) groups excluding carboxylic acids is 3. The lowest BCUT2D eigenvalue weighted by atomic mass is 9.92. The molecule has 2 heterocycles. The summed E-state index contributed by atoms with van der Waals surface area (Å²) >= 11 is 0. The summed E-state index contributed by atoms with van der Waals surface area (Å²) in [7, 11) is -3.53. The third kappa shape index (κ3) is 7.64. The van der Waals surface area contributed by atoms with E-state index >= 15 is 0 Å². The lowest BCUT2D eigenvalue weighted by molar-refractivity contribution is -0.137. The van der Waals surface area contributed by atoms with Gasteiger partial charge in [0.15, 0.2) is 9.84 Å². The van der Waals surface area contributed by atoms with E-state index in [2.05, 4.69) is 5.32 Å². The Morgan fingerprint density at radius 1 is 1.13 bits per heavy atom. The lowest BCUT2D eigenvalue weighted by Crippen LogP contribution is -2.56. The fourth-order valence-electron chi connectivity index (χ4n) is 4.82. The van der Waals surface area contributed by atoms with Gasteiger partial charge in [0.2, 0.25) is 5.91 Å². The molecule has 0 aliphatic carbocycles. The Hall–Kier alpha value is -2.83. The molecule has 9 nitrogen and oxygen atoms in total. The third-order valence-electron chi connectivity index (χ3n) is 6.91. The van der Waals surface area contributed by atoms with E-state index in [9.17, 15) is 36.0 Å². The van der Waals surface area contributed by atoms with Crippen molar-refractivity contribution in [2.45, 2.75) is 76.6 Å². The van der Waals surface area contributed by atoms with E-state index in [1.807, 2.05) is 0 Å². The van der Waals surface area contributed by atoms with Crippen LogP contribution in [-0.2, 0) is 25.5 Å². The summed E-state index contributed by atoms with van der Waals surface area (Å²) in [5, 5.41) is 1.88. The van der Waals surface area contributed by atoms with Crippen molar-refractivity contribution in [3.63, 3.8) is 0 Å². The Morgan fingerprint density at radius 2 is 1.79 bits per heavy atom. The van der Waals surface area contributed by atoms with Crippen molar-refractivity contribution in [1.29, 1.82) is 0 Å².